The lowest BCUT2D eigenvalue weighted by Gasteiger charge is -2.14. The first-order chi connectivity index (χ1) is 9.52. The highest BCUT2D eigenvalue weighted by molar-refractivity contribution is 5.77. The molecular weight excluding hydrogens is 254 g/mol. The summed E-state index contributed by atoms with van der Waals surface area (Å²) in [5.74, 6) is 0.394. The third-order valence-corrected chi connectivity index (χ3v) is 2.64. The molecule has 0 aromatic heterocycles. The maximum atomic E-state index is 11.4. The first kappa shape index (κ1) is 16.0. The van der Waals surface area contributed by atoms with Gasteiger partial charge in [-0.2, -0.15) is 5.26 Å². The van der Waals surface area contributed by atoms with Gasteiger partial charge in [-0.25, -0.2) is 0 Å². The van der Waals surface area contributed by atoms with Crippen LogP contribution in [0.1, 0.15) is 25.0 Å². The molecule has 5 heteroatoms. The Morgan fingerprint density at radius 3 is 2.85 bits per heavy atom. The number of ether oxygens (including phenoxy) is 1. The van der Waals surface area contributed by atoms with Crippen LogP contribution in [0.2, 0.25) is 0 Å². The first-order valence-electron chi connectivity index (χ1n) is 6.62. The molecule has 5 nitrogen and oxygen atoms in total. The van der Waals surface area contributed by atoms with E-state index in [-0.39, 0.29) is 19.1 Å². The molecule has 0 spiro atoms. The number of rotatable bonds is 7. The summed E-state index contributed by atoms with van der Waals surface area (Å²) in [7, 11) is 0. The van der Waals surface area contributed by atoms with Crippen molar-refractivity contribution >= 4 is 5.91 Å². The summed E-state index contributed by atoms with van der Waals surface area (Å²) in [5, 5.41) is 14.2. The number of carbonyl (C=O) groups excluding carboxylic acids is 1. The van der Waals surface area contributed by atoms with Crippen molar-refractivity contribution in [2.75, 3.05) is 13.2 Å². The van der Waals surface area contributed by atoms with Crippen LogP contribution in [0.4, 0.5) is 0 Å². The number of nitrogens with zero attached hydrogens (tertiary/aromatic N) is 1. The zero-order valence-electron chi connectivity index (χ0n) is 12.2. The maximum absolute atomic E-state index is 11.4. The van der Waals surface area contributed by atoms with Crippen molar-refractivity contribution in [3.8, 4) is 11.8 Å². The molecule has 0 aliphatic heterocycles. The van der Waals surface area contributed by atoms with E-state index in [1.54, 1.807) is 0 Å². The van der Waals surface area contributed by atoms with Crippen LogP contribution in [-0.4, -0.2) is 25.1 Å². The van der Waals surface area contributed by atoms with Gasteiger partial charge in [0, 0.05) is 18.2 Å². The second kappa shape index (κ2) is 8.18. The predicted octanol–water partition coefficient (Wildman–Crippen LogP) is 1.51. The van der Waals surface area contributed by atoms with Gasteiger partial charge in [-0.15, -0.1) is 0 Å². The average Bonchev–Trinajstić information content (AvgIpc) is 2.41. The summed E-state index contributed by atoms with van der Waals surface area (Å²) in [6.45, 7) is 6.77. The van der Waals surface area contributed by atoms with Crippen LogP contribution in [0.15, 0.2) is 18.2 Å². The highest BCUT2D eigenvalue weighted by atomic mass is 16.5. The maximum Gasteiger partial charge on any atom is 0.258 e. The van der Waals surface area contributed by atoms with Gasteiger partial charge in [0.2, 0.25) is 0 Å². The summed E-state index contributed by atoms with van der Waals surface area (Å²) in [6.07, 6.45) is 0. The lowest BCUT2D eigenvalue weighted by molar-refractivity contribution is -0.122. The number of carbonyl (C=O) groups is 1. The minimum Gasteiger partial charge on any atom is -0.483 e. The van der Waals surface area contributed by atoms with E-state index < -0.39 is 0 Å². The van der Waals surface area contributed by atoms with Crippen LogP contribution in [0.25, 0.3) is 0 Å². The van der Waals surface area contributed by atoms with E-state index in [4.69, 9.17) is 10.00 Å². The number of hydrogen-bond donors (Lipinski definition) is 2. The molecule has 0 saturated carbocycles. The monoisotopic (exact) mass is 275 g/mol. The van der Waals surface area contributed by atoms with Crippen LogP contribution in [0.5, 0.6) is 5.75 Å². The van der Waals surface area contributed by atoms with E-state index in [2.05, 4.69) is 24.5 Å². The van der Waals surface area contributed by atoms with E-state index >= 15 is 0 Å². The van der Waals surface area contributed by atoms with E-state index in [0.717, 1.165) is 11.1 Å². The number of nitriles is 1. The normalized spacial score (nSPS) is 10.2. The molecular formula is C15H21N3O2. The minimum absolute atomic E-state index is 0.00213. The average molecular weight is 275 g/mol. The van der Waals surface area contributed by atoms with Crippen LogP contribution in [0, 0.1) is 18.3 Å². The van der Waals surface area contributed by atoms with Crippen LogP contribution in [0.3, 0.4) is 0 Å². The van der Waals surface area contributed by atoms with Crippen molar-refractivity contribution in [3.63, 3.8) is 0 Å². The van der Waals surface area contributed by atoms with Gasteiger partial charge in [-0.05, 0) is 13.0 Å². The molecule has 2 N–H and O–H groups in total. The molecule has 0 heterocycles. The molecule has 0 saturated heterocycles. The third kappa shape index (κ3) is 5.72. The van der Waals surface area contributed by atoms with Crippen molar-refractivity contribution in [1.29, 1.82) is 5.26 Å². The molecule has 0 radical (unpaired) electrons. The van der Waals surface area contributed by atoms with E-state index in [0.29, 0.717) is 18.3 Å². The molecule has 0 atom stereocenters. The molecule has 108 valence electrons. The Hall–Kier alpha value is -2.06. The standard InChI is InChI=1S/C15H21N3O2/c1-11(2)18-9-13-8-12(3)4-5-14(13)20-10-15(19)17-7-6-16/h4-5,8,11,18H,7,9-10H2,1-3H3,(H,17,19). The fraction of sp³-hybridized carbons (Fsp3) is 0.467. The van der Waals surface area contributed by atoms with E-state index in [1.165, 1.54) is 0 Å². The zero-order valence-corrected chi connectivity index (χ0v) is 12.2. The lowest BCUT2D eigenvalue weighted by Crippen LogP contribution is -2.29. The lowest BCUT2D eigenvalue weighted by atomic mass is 10.1. The summed E-state index contributed by atoms with van der Waals surface area (Å²) in [6, 6.07) is 8.08. The van der Waals surface area contributed by atoms with Crippen molar-refractivity contribution in [2.45, 2.75) is 33.4 Å². The van der Waals surface area contributed by atoms with Gasteiger partial charge in [0.15, 0.2) is 6.61 Å². The largest absolute Gasteiger partial charge is 0.483 e. The highest BCUT2D eigenvalue weighted by Gasteiger charge is 2.07. The van der Waals surface area contributed by atoms with Gasteiger partial charge in [-0.3, -0.25) is 4.79 Å². The van der Waals surface area contributed by atoms with Gasteiger partial charge < -0.3 is 15.4 Å². The number of nitrogens with one attached hydrogen (secondary N) is 2. The van der Waals surface area contributed by atoms with Gasteiger partial charge in [0.05, 0.1) is 6.07 Å². The quantitative estimate of drug-likeness (QED) is 0.740. The first-order valence-corrected chi connectivity index (χ1v) is 6.62. The Morgan fingerprint density at radius 1 is 1.45 bits per heavy atom. The van der Waals surface area contributed by atoms with Gasteiger partial charge >= 0.3 is 0 Å². The molecule has 1 rings (SSSR count). The molecule has 0 aliphatic carbocycles. The second-order valence-electron chi connectivity index (χ2n) is 4.87. The van der Waals surface area contributed by atoms with Crippen molar-refractivity contribution in [3.05, 3.63) is 29.3 Å². The molecule has 1 aromatic carbocycles. The van der Waals surface area contributed by atoms with E-state index in [9.17, 15) is 4.79 Å². The molecule has 0 aliphatic rings. The summed E-state index contributed by atoms with van der Waals surface area (Å²) in [4.78, 5) is 11.4. The van der Waals surface area contributed by atoms with Gasteiger partial charge in [-0.1, -0.05) is 31.5 Å². The zero-order chi connectivity index (χ0) is 15.0. The van der Waals surface area contributed by atoms with Crippen molar-refractivity contribution in [2.24, 2.45) is 0 Å². The Bertz CT molecular complexity index is 492. The minimum atomic E-state index is -0.296. The summed E-state index contributed by atoms with van der Waals surface area (Å²) >= 11 is 0. The van der Waals surface area contributed by atoms with Gasteiger partial charge in [0.25, 0.3) is 5.91 Å². The second-order valence-corrected chi connectivity index (χ2v) is 4.87. The third-order valence-electron chi connectivity index (χ3n) is 2.64. The topological polar surface area (TPSA) is 74.1 Å². The molecule has 1 amide bonds. The van der Waals surface area contributed by atoms with Crippen LogP contribution < -0.4 is 15.4 Å². The highest BCUT2D eigenvalue weighted by Crippen LogP contribution is 2.20. The smallest absolute Gasteiger partial charge is 0.258 e. The summed E-state index contributed by atoms with van der Waals surface area (Å²) < 4.78 is 5.52. The Morgan fingerprint density at radius 2 is 2.20 bits per heavy atom. The molecule has 1 aromatic rings. The molecule has 0 unspecified atom stereocenters. The van der Waals surface area contributed by atoms with Crippen LogP contribution in [-0.2, 0) is 11.3 Å². The van der Waals surface area contributed by atoms with Crippen molar-refractivity contribution < 1.29 is 9.53 Å². The number of hydrogen-bond acceptors (Lipinski definition) is 4. The fourth-order valence-electron chi connectivity index (χ4n) is 1.63. The SMILES string of the molecule is Cc1ccc(OCC(=O)NCC#N)c(CNC(C)C)c1. The Kier molecular flexibility index (Phi) is 6.54. The van der Waals surface area contributed by atoms with E-state index in [1.807, 2.05) is 31.2 Å². The number of aryl methyl sites for hydroxylation is 1. The van der Waals surface area contributed by atoms with Gasteiger partial charge in [0.1, 0.15) is 12.3 Å². The predicted molar refractivity (Wildman–Crippen MR) is 77.3 cm³/mol. The van der Waals surface area contributed by atoms with Crippen LogP contribution >= 0.6 is 0 Å². The Balaban J connectivity index is 2.64. The Labute approximate surface area is 119 Å². The van der Waals surface area contributed by atoms with Crippen molar-refractivity contribution in [1.82, 2.24) is 10.6 Å². The molecule has 0 fully saturated rings. The molecule has 0 bridgehead atoms. The molecule has 20 heavy (non-hydrogen) atoms. The fourth-order valence-corrected chi connectivity index (χ4v) is 1.63. The number of amides is 1. The summed E-state index contributed by atoms with van der Waals surface area (Å²) in [5.41, 5.74) is 2.17. The number of benzene rings is 1.